The number of carbonyl (C=O) groups excluding carboxylic acids is 1. The first-order valence-corrected chi connectivity index (χ1v) is 5.32. The number of hydrogen-bond donors (Lipinski definition) is 1. The van der Waals surface area contributed by atoms with Gasteiger partial charge in [0.25, 0.3) is 0 Å². The minimum atomic E-state index is -0.139. The van der Waals surface area contributed by atoms with E-state index >= 15 is 0 Å². The number of aromatic nitrogens is 2. The van der Waals surface area contributed by atoms with Gasteiger partial charge >= 0.3 is 0 Å². The molecule has 0 fully saturated rings. The molecule has 1 aromatic heterocycles. The van der Waals surface area contributed by atoms with Crippen LogP contribution in [-0.4, -0.2) is 21.5 Å². The van der Waals surface area contributed by atoms with Crippen molar-refractivity contribution >= 4 is 5.91 Å². The molecule has 1 atom stereocenters. The zero-order valence-corrected chi connectivity index (χ0v) is 10.1. The summed E-state index contributed by atoms with van der Waals surface area (Å²) in [6.45, 7) is 10.5. The molecule has 0 bridgehead atoms. The average molecular weight is 221 g/mol. The second kappa shape index (κ2) is 4.96. The lowest BCUT2D eigenvalue weighted by Crippen LogP contribution is -2.45. The summed E-state index contributed by atoms with van der Waals surface area (Å²) in [5.41, 5.74) is -0.0110. The first kappa shape index (κ1) is 12.5. The van der Waals surface area contributed by atoms with Crippen molar-refractivity contribution in [2.45, 2.75) is 33.4 Å². The van der Waals surface area contributed by atoms with Crippen molar-refractivity contribution < 1.29 is 4.79 Å². The van der Waals surface area contributed by atoms with Crippen LogP contribution in [0.4, 0.5) is 0 Å². The number of rotatable bonds is 4. The summed E-state index contributed by atoms with van der Waals surface area (Å²) in [4.78, 5) is 15.3. The summed E-state index contributed by atoms with van der Waals surface area (Å²) in [6, 6.07) is 0.0483. The highest BCUT2D eigenvalue weighted by Crippen LogP contribution is 2.20. The zero-order chi connectivity index (χ0) is 12.2. The molecule has 1 heterocycles. The molecule has 0 aromatic carbocycles. The number of carbonyl (C=O) groups is 1. The highest BCUT2D eigenvalue weighted by molar-refractivity contribution is 5.87. The van der Waals surface area contributed by atoms with Crippen molar-refractivity contribution in [1.82, 2.24) is 14.9 Å². The Morgan fingerprint density at radius 3 is 2.75 bits per heavy atom. The number of amides is 1. The van der Waals surface area contributed by atoms with Gasteiger partial charge in [-0.1, -0.05) is 27.4 Å². The number of imidazole rings is 1. The van der Waals surface area contributed by atoms with E-state index in [1.807, 2.05) is 10.8 Å². The van der Waals surface area contributed by atoms with Crippen LogP contribution in [0.25, 0.3) is 0 Å². The van der Waals surface area contributed by atoms with E-state index in [-0.39, 0.29) is 17.4 Å². The minimum absolute atomic E-state index is 0.0110. The van der Waals surface area contributed by atoms with Crippen molar-refractivity contribution in [2.24, 2.45) is 5.41 Å². The molecule has 4 nitrogen and oxygen atoms in total. The summed E-state index contributed by atoms with van der Waals surface area (Å²) in [6.07, 6.45) is 6.67. The van der Waals surface area contributed by atoms with E-state index in [2.05, 4.69) is 37.7 Å². The second-order valence-corrected chi connectivity index (χ2v) is 4.89. The Morgan fingerprint density at radius 2 is 2.31 bits per heavy atom. The van der Waals surface area contributed by atoms with Gasteiger partial charge in [0.2, 0.25) is 5.91 Å². The van der Waals surface area contributed by atoms with Crippen LogP contribution >= 0.6 is 0 Å². The van der Waals surface area contributed by atoms with Gasteiger partial charge in [-0.25, -0.2) is 4.98 Å². The second-order valence-electron chi connectivity index (χ2n) is 4.89. The van der Waals surface area contributed by atoms with Gasteiger partial charge in [-0.3, -0.25) is 4.79 Å². The molecular formula is C12H19N3O. The molecule has 4 heteroatoms. The smallest absolute Gasteiger partial charge is 0.243 e. The molecule has 88 valence electrons. The Bertz CT molecular complexity index is 349. The fourth-order valence-electron chi connectivity index (χ4n) is 1.37. The summed E-state index contributed by atoms with van der Waals surface area (Å²) < 4.78 is 1.96. The number of hydrogen-bond acceptors (Lipinski definition) is 2. The largest absolute Gasteiger partial charge is 0.348 e. The van der Waals surface area contributed by atoms with Gasteiger partial charge < -0.3 is 9.88 Å². The Morgan fingerprint density at radius 1 is 1.62 bits per heavy atom. The van der Waals surface area contributed by atoms with Crippen LogP contribution in [0.1, 0.15) is 20.8 Å². The molecule has 0 radical (unpaired) electrons. The SMILES string of the molecule is C=CC(=O)NC(Cn1ccnc1)C(C)(C)C. The normalized spacial score (nSPS) is 13.2. The van der Waals surface area contributed by atoms with E-state index in [0.29, 0.717) is 6.54 Å². The highest BCUT2D eigenvalue weighted by atomic mass is 16.1. The van der Waals surface area contributed by atoms with Crippen LogP contribution in [0.15, 0.2) is 31.4 Å². The molecule has 1 unspecified atom stereocenters. The molecule has 1 amide bonds. The van der Waals surface area contributed by atoms with Crippen LogP contribution < -0.4 is 5.32 Å². The third kappa shape index (κ3) is 3.53. The number of nitrogens with zero attached hydrogens (tertiary/aromatic N) is 2. The molecular weight excluding hydrogens is 202 g/mol. The Labute approximate surface area is 96.4 Å². The van der Waals surface area contributed by atoms with E-state index in [1.54, 1.807) is 12.5 Å². The van der Waals surface area contributed by atoms with Gasteiger partial charge in [0.15, 0.2) is 0 Å². The van der Waals surface area contributed by atoms with Crippen LogP contribution in [0.3, 0.4) is 0 Å². The fraction of sp³-hybridized carbons (Fsp3) is 0.500. The number of nitrogens with one attached hydrogen (secondary N) is 1. The van der Waals surface area contributed by atoms with Crippen LogP contribution in [0.2, 0.25) is 0 Å². The summed E-state index contributed by atoms with van der Waals surface area (Å²) in [5.74, 6) is -0.139. The Balaban J connectivity index is 2.72. The standard InChI is InChI=1S/C12H19N3O/c1-5-11(16)14-10(12(2,3)4)8-15-7-6-13-9-15/h5-7,9-10H,1,8H2,2-4H3,(H,14,16). The minimum Gasteiger partial charge on any atom is -0.348 e. The molecule has 1 rings (SSSR count). The molecule has 16 heavy (non-hydrogen) atoms. The fourth-order valence-corrected chi connectivity index (χ4v) is 1.37. The zero-order valence-electron chi connectivity index (χ0n) is 10.1. The van der Waals surface area contributed by atoms with Gasteiger partial charge in [0, 0.05) is 18.9 Å². The lowest BCUT2D eigenvalue weighted by Gasteiger charge is -2.31. The maximum Gasteiger partial charge on any atom is 0.243 e. The maximum atomic E-state index is 11.3. The topological polar surface area (TPSA) is 46.9 Å². The monoisotopic (exact) mass is 221 g/mol. The van der Waals surface area contributed by atoms with Crippen molar-refractivity contribution in [2.75, 3.05) is 0 Å². The first-order chi connectivity index (χ1) is 7.43. The van der Waals surface area contributed by atoms with E-state index in [4.69, 9.17) is 0 Å². The summed E-state index contributed by atoms with van der Waals surface area (Å²) in [5, 5.41) is 2.94. The summed E-state index contributed by atoms with van der Waals surface area (Å²) >= 11 is 0. The van der Waals surface area contributed by atoms with Crippen LogP contribution in [0.5, 0.6) is 0 Å². The molecule has 0 spiro atoms. The van der Waals surface area contributed by atoms with Crippen LogP contribution in [-0.2, 0) is 11.3 Å². The Kier molecular flexibility index (Phi) is 3.88. The first-order valence-electron chi connectivity index (χ1n) is 5.32. The molecule has 1 aromatic rings. The summed E-state index contributed by atoms with van der Waals surface area (Å²) in [7, 11) is 0. The molecule has 0 aliphatic rings. The van der Waals surface area contributed by atoms with E-state index in [0.717, 1.165) is 0 Å². The van der Waals surface area contributed by atoms with Gasteiger partial charge in [-0.15, -0.1) is 0 Å². The average Bonchev–Trinajstić information content (AvgIpc) is 2.67. The van der Waals surface area contributed by atoms with Gasteiger partial charge in [-0.05, 0) is 11.5 Å². The van der Waals surface area contributed by atoms with Gasteiger partial charge in [0.1, 0.15) is 0 Å². The predicted molar refractivity (Wildman–Crippen MR) is 63.8 cm³/mol. The van der Waals surface area contributed by atoms with Crippen molar-refractivity contribution in [3.63, 3.8) is 0 Å². The molecule has 0 aliphatic carbocycles. The molecule has 0 saturated heterocycles. The molecule has 0 aliphatic heterocycles. The van der Waals surface area contributed by atoms with E-state index in [9.17, 15) is 4.79 Å². The lowest BCUT2D eigenvalue weighted by atomic mass is 9.86. The van der Waals surface area contributed by atoms with Crippen molar-refractivity contribution in [3.8, 4) is 0 Å². The quantitative estimate of drug-likeness (QED) is 0.785. The highest BCUT2D eigenvalue weighted by Gasteiger charge is 2.25. The van der Waals surface area contributed by atoms with E-state index < -0.39 is 0 Å². The maximum absolute atomic E-state index is 11.3. The Hall–Kier alpha value is -1.58. The third-order valence-electron chi connectivity index (χ3n) is 2.50. The van der Waals surface area contributed by atoms with Crippen molar-refractivity contribution in [1.29, 1.82) is 0 Å². The third-order valence-corrected chi connectivity index (χ3v) is 2.50. The van der Waals surface area contributed by atoms with E-state index in [1.165, 1.54) is 6.08 Å². The predicted octanol–water partition coefficient (Wildman–Crippen LogP) is 1.60. The van der Waals surface area contributed by atoms with Crippen molar-refractivity contribution in [3.05, 3.63) is 31.4 Å². The van der Waals surface area contributed by atoms with Crippen LogP contribution in [0, 0.1) is 5.41 Å². The van der Waals surface area contributed by atoms with Gasteiger partial charge in [-0.2, -0.15) is 0 Å². The molecule has 1 N–H and O–H groups in total. The lowest BCUT2D eigenvalue weighted by molar-refractivity contribution is -0.118. The van der Waals surface area contributed by atoms with Gasteiger partial charge in [0.05, 0.1) is 12.4 Å². The molecule has 0 saturated carbocycles.